The molecule has 0 aliphatic heterocycles. The first-order valence-corrected chi connectivity index (χ1v) is 8.04. The molecule has 2 aromatic rings. The molecule has 1 unspecified atom stereocenters. The minimum Gasteiger partial charge on any atom is -0.309 e. The first-order valence-electron chi connectivity index (χ1n) is 7.23. The van der Waals surface area contributed by atoms with Gasteiger partial charge in [0, 0.05) is 21.4 Å². The summed E-state index contributed by atoms with van der Waals surface area (Å²) in [5, 5.41) is 3.44. The van der Waals surface area contributed by atoms with E-state index in [0.717, 1.165) is 16.3 Å². The van der Waals surface area contributed by atoms with E-state index >= 15 is 0 Å². The minimum absolute atomic E-state index is 0.243. The Morgan fingerprint density at radius 2 is 1.86 bits per heavy atom. The lowest BCUT2D eigenvalue weighted by atomic mass is 10.0. The van der Waals surface area contributed by atoms with Crippen LogP contribution in [0.15, 0.2) is 24.3 Å². The molecule has 4 heteroatoms. The highest BCUT2D eigenvalue weighted by Gasteiger charge is 2.18. The third-order valence-corrected chi connectivity index (χ3v) is 4.74. The number of rotatable bonds is 5. The molecule has 1 nitrogen and oxygen atoms in total. The number of halogens is 2. The van der Waals surface area contributed by atoms with Crippen LogP contribution in [0.2, 0.25) is 0 Å². The minimum atomic E-state index is -0.369. The zero-order valence-electron chi connectivity index (χ0n) is 12.8. The zero-order valence-corrected chi connectivity index (χ0v) is 13.7. The molecule has 1 heterocycles. The molecule has 0 aliphatic carbocycles. The van der Waals surface area contributed by atoms with E-state index in [9.17, 15) is 8.78 Å². The Kier molecular flexibility index (Phi) is 5.12. The predicted octanol–water partition coefficient (Wildman–Crippen LogP) is 5.31. The van der Waals surface area contributed by atoms with Crippen LogP contribution in [0.4, 0.5) is 8.78 Å². The summed E-state index contributed by atoms with van der Waals surface area (Å²) in [6.07, 6.45) is 0. The molecule has 0 saturated carbocycles. The lowest BCUT2D eigenvalue weighted by molar-refractivity contribution is 0.428. The number of hydrogen-bond donors (Lipinski definition) is 1. The molecule has 1 N–H and O–H groups in total. The average molecular weight is 309 g/mol. The van der Waals surface area contributed by atoms with Gasteiger partial charge >= 0.3 is 0 Å². The van der Waals surface area contributed by atoms with Crippen molar-refractivity contribution in [3.63, 3.8) is 0 Å². The molecule has 0 radical (unpaired) electrons. The quantitative estimate of drug-likeness (QED) is 0.789. The summed E-state index contributed by atoms with van der Waals surface area (Å²) in [6.45, 7) is 8.82. The van der Waals surface area contributed by atoms with Crippen molar-refractivity contribution >= 4 is 11.3 Å². The molecule has 1 aromatic heterocycles. The second-order valence-electron chi connectivity index (χ2n) is 5.56. The average Bonchev–Trinajstić information content (AvgIpc) is 2.89. The van der Waals surface area contributed by atoms with Crippen molar-refractivity contribution in [2.75, 3.05) is 6.54 Å². The van der Waals surface area contributed by atoms with Crippen molar-refractivity contribution in [2.45, 2.75) is 33.7 Å². The smallest absolute Gasteiger partial charge is 0.132 e. The number of nitrogens with one attached hydrogen (secondary N) is 1. The number of thiophene rings is 1. The maximum Gasteiger partial charge on any atom is 0.132 e. The molecule has 114 valence electrons. The molecule has 0 spiro atoms. The van der Waals surface area contributed by atoms with Gasteiger partial charge in [-0.1, -0.05) is 20.8 Å². The highest BCUT2D eigenvalue weighted by Crippen LogP contribution is 2.36. The molecule has 1 atom stereocenters. The van der Waals surface area contributed by atoms with Gasteiger partial charge < -0.3 is 5.32 Å². The van der Waals surface area contributed by atoms with Gasteiger partial charge in [-0.25, -0.2) is 8.78 Å². The fourth-order valence-electron chi connectivity index (χ4n) is 2.38. The first kappa shape index (κ1) is 16.1. The van der Waals surface area contributed by atoms with Crippen LogP contribution in [0.1, 0.15) is 37.3 Å². The molecule has 21 heavy (non-hydrogen) atoms. The summed E-state index contributed by atoms with van der Waals surface area (Å²) in [5.74, 6) is -0.295. The van der Waals surface area contributed by atoms with E-state index in [0.29, 0.717) is 17.0 Å². The van der Waals surface area contributed by atoms with Crippen LogP contribution in [0.25, 0.3) is 10.4 Å². The standard InChI is InChI=1S/C17H21F2NS/c1-5-20-17(10(2)3)16-7-6-15(21-16)12-9-13(18)11(4)8-14(12)19/h6-10,17,20H,5H2,1-4H3. The SMILES string of the molecule is CCNC(c1ccc(-c2cc(F)c(C)cc2F)s1)C(C)C. The molecule has 0 saturated heterocycles. The van der Waals surface area contributed by atoms with Gasteiger partial charge in [0.25, 0.3) is 0 Å². The van der Waals surface area contributed by atoms with Crippen LogP contribution < -0.4 is 5.32 Å². The number of hydrogen-bond acceptors (Lipinski definition) is 2. The highest BCUT2D eigenvalue weighted by atomic mass is 32.1. The lowest BCUT2D eigenvalue weighted by Crippen LogP contribution is -2.24. The molecule has 1 aromatic carbocycles. The molecular formula is C17H21F2NS. The normalized spacial score (nSPS) is 12.9. The Labute approximate surface area is 129 Å². The Morgan fingerprint density at radius 1 is 1.14 bits per heavy atom. The Balaban J connectivity index is 2.37. The summed E-state index contributed by atoms with van der Waals surface area (Å²) in [7, 11) is 0. The van der Waals surface area contributed by atoms with E-state index in [1.807, 2.05) is 12.1 Å². The zero-order chi connectivity index (χ0) is 15.6. The molecule has 2 rings (SSSR count). The van der Waals surface area contributed by atoms with Crippen molar-refractivity contribution in [3.05, 3.63) is 46.3 Å². The first-order chi connectivity index (χ1) is 9.93. The van der Waals surface area contributed by atoms with Crippen molar-refractivity contribution in [2.24, 2.45) is 5.92 Å². The molecule has 0 bridgehead atoms. The van der Waals surface area contributed by atoms with Gasteiger partial charge in [0.15, 0.2) is 0 Å². The van der Waals surface area contributed by atoms with Crippen LogP contribution in [-0.4, -0.2) is 6.54 Å². The van der Waals surface area contributed by atoms with Crippen LogP contribution in [-0.2, 0) is 0 Å². The highest BCUT2D eigenvalue weighted by molar-refractivity contribution is 7.15. The van der Waals surface area contributed by atoms with Crippen LogP contribution in [0.3, 0.4) is 0 Å². The molecule has 0 fully saturated rings. The van der Waals surface area contributed by atoms with Gasteiger partial charge in [-0.2, -0.15) is 0 Å². The predicted molar refractivity (Wildman–Crippen MR) is 85.7 cm³/mol. The van der Waals surface area contributed by atoms with Gasteiger partial charge in [0.1, 0.15) is 11.6 Å². The fourth-order valence-corrected chi connectivity index (χ4v) is 3.66. The van der Waals surface area contributed by atoms with Crippen molar-refractivity contribution in [1.82, 2.24) is 5.32 Å². The van der Waals surface area contributed by atoms with Crippen molar-refractivity contribution in [3.8, 4) is 10.4 Å². The monoisotopic (exact) mass is 309 g/mol. The van der Waals surface area contributed by atoms with Crippen LogP contribution in [0.5, 0.6) is 0 Å². The van der Waals surface area contributed by atoms with E-state index in [1.54, 1.807) is 6.92 Å². The van der Waals surface area contributed by atoms with Crippen molar-refractivity contribution in [1.29, 1.82) is 0 Å². The van der Waals surface area contributed by atoms with Gasteiger partial charge in [-0.05, 0) is 49.2 Å². The second kappa shape index (κ2) is 6.67. The number of aryl methyl sites for hydroxylation is 1. The lowest BCUT2D eigenvalue weighted by Gasteiger charge is -2.20. The summed E-state index contributed by atoms with van der Waals surface area (Å²) in [4.78, 5) is 1.92. The van der Waals surface area contributed by atoms with E-state index < -0.39 is 0 Å². The molecular weight excluding hydrogens is 288 g/mol. The van der Waals surface area contributed by atoms with E-state index in [2.05, 4.69) is 26.1 Å². The van der Waals surface area contributed by atoms with Gasteiger partial charge in [0.2, 0.25) is 0 Å². The number of benzene rings is 1. The van der Waals surface area contributed by atoms with Gasteiger partial charge in [0.05, 0.1) is 0 Å². The summed E-state index contributed by atoms with van der Waals surface area (Å²) >= 11 is 1.52. The van der Waals surface area contributed by atoms with E-state index in [4.69, 9.17) is 0 Å². The maximum absolute atomic E-state index is 14.1. The summed E-state index contributed by atoms with van der Waals surface area (Å²) in [6, 6.07) is 6.67. The summed E-state index contributed by atoms with van der Waals surface area (Å²) in [5.41, 5.74) is 0.675. The van der Waals surface area contributed by atoms with Crippen molar-refractivity contribution < 1.29 is 8.78 Å². The fraction of sp³-hybridized carbons (Fsp3) is 0.412. The van der Waals surface area contributed by atoms with E-state index in [1.165, 1.54) is 23.5 Å². The Bertz CT molecular complexity index is 619. The molecule has 0 amide bonds. The third-order valence-electron chi connectivity index (χ3n) is 3.54. The maximum atomic E-state index is 14.1. The topological polar surface area (TPSA) is 12.0 Å². The van der Waals surface area contributed by atoms with E-state index in [-0.39, 0.29) is 17.7 Å². The second-order valence-corrected chi connectivity index (χ2v) is 6.68. The van der Waals surface area contributed by atoms with Crippen LogP contribution >= 0.6 is 11.3 Å². The van der Waals surface area contributed by atoms with Gasteiger partial charge in [-0.15, -0.1) is 11.3 Å². The molecule has 0 aliphatic rings. The third kappa shape index (κ3) is 3.50. The van der Waals surface area contributed by atoms with Gasteiger partial charge in [-0.3, -0.25) is 0 Å². The Hall–Kier alpha value is -1.26. The summed E-state index contributed by atoms with van der Waals surface area (Å²) < 4.78 is 27.7. The van der Waals surface area contributed by atoms with Crippen LogP contribution in [0, 0.1) is 24.5 Å². The largest absolute Gasteiger partial charge is 0.309 e. The Morgan fingerprint density at radius 3 is 2.48 bits per heavy atom.